The van der Waals surface area contributed by atoms with E-state index in [4.69, 9.17) is 9.31 Å². The number of ketones is 1. The normalized spacial score (nSPS) is 21.9. The first-order valence-corrected chi connectivity index (χ1v) is 7.81. The van der Waals surface area contributed by atoms with E-state index >= 15 is 0 Å². The van der Waals surface area contributed by atoms with Crippen LogP contribution in [0.3, 0.4) is 0 Å². The number of Topliss-reactive ketones (excluding diaryl/α,β-unsaturated/α-hetero) is 1. The van der Waals surface area contributed by atoms with E-state index in [-0.39, 0.29) is 0 Å². The molecule has 0 N–H and O–H groups in total. The molecule has 8 heteroatoms. The highest BCUT2D eigenvalue weighted by atomic mass is 32.1. The van der Waals surface area contributed by atoms with Gasteiger partial charge in [0.1, 0.15) is 0 Å². The number of halogens is 3. The van der Waals surface area contributed by atoms with Gasteiger partial charge in [-0.1, -0.05) is 6.07 Å². The van der Waals surface area contributed by atoms with Crippen molar-refractivity contribution in [3.8, 4) is 0 Å². The second-order valence-electron chi connectivity index (χ2n) is 6.38. The molecule has 2 rings (SSSR count). The van der Waals surface area contributed by atoms with Gasteiger partial charge in [0.05, 0.1) is 21.9 Å². The van der Waals surface area contributed by atoms with Crippen molar-refractivity contribution in [3.05, 3.63) is 22.4 Å². The van der Waals surface area contributed by atoms with Crippen molar-refractivity contribution in [3.63, 3.8) is 0 Å². The molecule has 0 unspecified atom stereocenters. The Balaban J connectivity index is 2.20. The number of hydrogen-bond acceptors (Lipinski definition) is 4. The van der Waals surface area contributed by atoms with Crippen molar-refractivity contribution in [2.24, 2.45) is 0 Å². The minimum atomic E-state index is -4.58. The fourth-order valence-corrected chi connectivity index (χ4v) is 2.83. The summed E-state index contributed by atoms with van der Waals surface area (Å²) in [5, 5.41) is 1.66. The van der Waals surface area contributed by atoms with Crippen molar-refractivity contribution in [1.82, 2.24) is 0 Å². The average molecular weight is 334 g/mol. The zero-order chi connectivity index (χ0) is 16.8. The summed E-state index contributed by atoms with van der Waals surface area (Å²) in [5.74, 6) is -2.53. The highest BCUT2D eigenvalue weighted by molar-refractivity contribution is 7.12. The Bertz CT molecular complexity index is 524. The lowest BCUT2D eigenvalue weighted by Crippen LogP contribution is -2.41. The van der Waals surface area contributed by atoms with Crippen molar-refractivity contribution in [1.29, 1.82) is 0 Å². The molecule has 1 aromatic heterocycles. The standard InChI is InChI=1S/C14H18BF3O3S/c1-12(2)13(3,4)21-15(20-12)11(14(16,17)18)8-9(19)10-6-5-7-22-10/h5-7,11H,8H2,1-4H3/t11-/m0/s1. The van der Waals surface area contributed by atoms with Gasteiger partial charge in [0, 0.05) is 6.42 Å². The van der Waals surface area contributed by atoms with Gasteiger partial charge in [0.2, 0.25) is 0 Å². The lowest BCUT2D eigenvalue weighted by atomic mass is 9.68. The molecule has 0 spiro atoms. The molecule has 122 valence electrons. The number of hydrogen-bond donors (Lipinski definition) is 0. The van der Waals surface area contributed by atoms with Gasteiger partial charge >= 0.3 is 13.3 Å². The first-order valence-electron chi connectivity index (χ1n) is 6.93. The molecule has 3 nitrogen and oxygen atoms in total. The molecule has 22 heavy (non-hydrogen) atoms. The van der Waals surface area contributed by atoms with E-state index in [1.165, 1.54) is 6.07 Å². The average Bonchev–Trinajstić information content (AvgIpc) is 2.91. The first kappa shape index (κ1) is 17.5. The summed E-state index contributed by atoms with van der Waals surface area (Å²) in [6, 6.07) is 3.15. The molecule has 1 aliphatic heterocycles. The second kappa shape index (κ2) is 5.65. The van der Waals surface area contributed by atoms with Crippen molar-refractivity contribution in [2.45, 2.75) is 57.3 Å². The lowest BCUT2D eigenvalue weighted by molar-refractivity contribution is -0.138. The van der Waals surface area contributed by atoms with Crippen molar-refractivity contribution in [2.75, 3.05) is 0 Å². The zero-order valence-electron chi connectivity index (χ0n) is 12.9. The molecule has 0 saturated carbocycles. The molecule has 0 amide bonds. The Morgan fingerprint density at radius 3 is 2.23 bits per heavy atom. The molecule has 2 heterocycles. The highest BCUT2D eigenvalue weighted by Crippen LogP contribution is 2.46. The largest absolute Gasteiger partial charge is 0.470 e. The molecule has 1 fully saturated rings. The summed E-state index contributed by atoms with van der Waals surface area (Å²) in [7, 11) is -1.48. The summed E-state index contributed by atoms with van der Waals surface area (Å²) < 4.78 is 51.1. The van der Waals surface area contributed by atoms with Gasteiger partial charge in [0.15, 0.2) is 5.78 Å². The fourth-order valence-electron chi connectivity index (χ4n) is 2.16. The fraction of sp³-hybridized carbons (Fsp3) is 0.643. The van der Waals surface area contributed by atoms with Gasteiger partial charge < -0.3 is 9.31 Å². The highest BCUT2D eigenvalue weighted by Gasteiger charge is 2.60. The van der Waals surface area contributed by atoms with E-state index in [0.29, 0.717) is 4.88 Å². The summed E-state index contributed by atoms with van der Waals surface area (Å²) in [5.41, 5.74) is -1.74. The first-order chi connectivity index (χ1) is 9.94. The van der Waals surface area contributed by atoms with Crippen molar-refractivity contribution >= 4 is 24.2 Å². The second-order valence-corrected chi connectivity index (χ2v) is 7.33. The molecule has 0 bridgehead atoms. The topological polar surface area (TPSA) is 35.5 Å². The Labute approximate surface area is 131 Å². The number of carbonyl (C=O) groups is 1. The van der Waals surface area contributed by atoms with Gasteiger partial charge in [-0.3, -0.25) is 4.79 Å². The van der Waals surface area contributed by atoms with Crippen LogP contribution in [-0.2, 0) is 9.31 Å². The van der Waals surface area contributed by atoms with Crippen LogP contribution in [-0.4, -0.2) is 30.3 Å². The van der Waals surface area contributed by atoms with E-state index in [1.807, 2.05) is 0 Å². The quantitative estimate of drug-likeness (QED) is 0.607. The molecule has 0 aliphatic carbocycles. The third-order valence-electron chi connectivity index (χ3n) is 4.22. The summed E-state index contributed by atoms with van der Waals surface area (Å²) in [6.45, 7) is 6.73. The smallest absolute Gasteiger partial charge is 0.403 e. The van der Waals surface area contributed by atoms with Crippen molar-refractivity contribution < 1.29 is 27.3 Å². The molecule has 0 radical (unpaired) electrons. The molecular formula is C14H18BF3O3S. The monoisotopic (exact) mass is 334 g/mol. The van der Waals surface area contributed by atoms with E-state index < -0.39 is 42.5 Å². The van der Waals surface area contributed by atoms with Crippen LogP contribution in [0.5, 0.6) is 0 Å². The molecular weight excluding hydrogens is 316 g/mol. The maximum atomic E-state index is 13.4. The Morgan fingerprint density at radius 2 is 1.82 bits per heavy atom. The SMILES string of the molecule is CC1(C)OB([C@@H](CC(=O)c2cccs2)C(F)(F)F)OC1(C)C. The van der Waals surface area contributed by atoms with Crippen LogP contribution in [0, 0.1) is 0 Å². The van der Waals surface area contributed by atoms with E-state index in [0.717, 1.165) is 11.3 Å². The molecule has 1 aliphatic rings. The van der Waals surface area contributed by atoms with E-state index in [2.05, 4.69) is 0 Å². The molecule has 1 aromatic rings. The van der Waals surface area contributed by atoms with Crippen LogP contribution in [0.25, 0.3) is 0 Å². The Hall–Kier alpha value is -0.855. The number of thiophene rings is 1. The third kappa shape index (κ3) is 3.39. The van der Waals surface area contributed by atoms with Gasteiger partial charge in [-0.2, -0.15) is 13.2 Å². The predicted octanol–water partition coefficient (Wildman–Crippen LogP) is 4.35. The van der Waals surface area contributed by atoms with Gasteiger partial charge in [-0.15, -0.1) is 11.3 Å². The number of rotatable bonds is 4. The summed E-state index contributed by atoms with van der Waals surface area (Å²) in [4.78, 5) is 12.4. The van der Waals surface area contributed by atoms with Crippen LogP contribution in [0.4, 0.5) is 13.2 Å². The zero-order valence-corrected chi connectivity index (χ0v) is 13.7. The molecule has 1 atom stereocenters. The Kier molecular flexibility index (Phi) is 4.50. The third-order valence-corrected chi connectivity index (χ3v) is 5.13. The number of alkyl halides is 3. The van der Waals surface area contributed by atoms with Gasteiger partial charge in [0.25, 0.3) is 0 Å². The van der Waals surface area contributed by atoms with Crippen LogP contribution >= 0.6 is 11.3 Å². The lowest BCUT2D eigenvalue weighted by Gasteiger charge is -2.32. The van der Waals surface area contributed by atoms with Gasteiger partial charge in [-0.05, 0) is 39.1 Å². The van der Waals surface area contributed by atoms with E-state index in [1.54, 1.807) is 39.1 Å². The summed E-state index contributed by atoms with van der Waals surface area (Å²) in [6.07, 6.45) is -5.26. The van der Waals surface area contributed by atoms with Crippen LogP contribution < -0.4 is 0 Å². The van der Waals surface area contributed by atoms with Crippen LogP contribution in [0.1, 0.15) is 43.8 Å². The van der Waals surface area contributed by atoms with Crippen LogP contribution in [0.15, 0.2) is 17.5 Å². The minimum Gasteiger partial charge on any atom is -0.403 e. The molecule has 1 saturated heterocycles. The summed E-state index contributed by atoms with van der Waals surface area (Å²) >= 11 is 1.13. The predicted molar refractivity (Wildman–Crippen MR) is 79.2 cm³/mol. The minimum absolute atomic E-state index is 0.311. The van der Waals surface area contributed by atoms with Crippen LogP contribution in [0.2, 0.25) is 5.82 Å². The molecule has 0 aromatic carbocycles. The Morgan fingerprint density at radius 1 is 1.27 bits per heavy atom. The van der Waals surface area contributed by atoms with Gasteiger partial charge in [-0.25, -0.2) is 0 Å². The van der Waals surface area contributed by atoms with E-state index in [9.17, 15) is 18.0 Å². The maximum absolute atomic E-state index is 13.4. The maximum Gasteiger partial charge on any atom is 0.470 e. The number of carbonyl (C=O) groups excluding carboxylic acids is 1.